The van der Waals surface area contributed by atoms with Gasteiger partial charge in [0.15, 0.2) is 5.82 Å². The Bertz CT molecular complexity index is 1040. The lowest BCUT2D eigenvalue weighted by Gasteiger charge is -2.40. The summed E-state index contributed by atoms with van der Waals surface area (Å²) in [6.45, 7) is 10.7. The van der Waals surface area contributed by atoms with E-state index in [1.807, 2.05) is 37.3 Å². The number of benzene rings is 1. The minimum atomic E-state index is -0.0705. The quantitative estimate of drug-likeness (QED) is 0.716. The van der Waals surface area contributed by atoms with Gasteiger partial charge in [0.2, 0.25) is 0 Å². The zero-order chi connectivity index (χ0) is 19.2. The lowest BCUT2D eigenvalue weighted by molar-refractivity contribution is 0.327. The van der Waals surface area contributed by atoms with E-state index in [0.717, 1.165) is 41.3 Å². The van der Waals surface area contributed by atoms with E-state index < -0.39 is 0 Å². The highest BCUT2D eigenvalue weighted by Crippen LogP contribution is 2.27. The summed E-state index contributed by atoms with van der Waals surface area (Å²) in [6, 6.07) is 11.4. The van der Waals surface area contributed by atoms with E-state index in [9.17, 15) is 4.79 Å². The van der Waals surface area contributed by atoms with Crippen molar-refractivity contribution in [2.24, 2.45) is 5.92 Å². The maximum atomic E-state index is 12.2. The molecule has 4 rings (SSSR count). The van der Waals surface area contributed by atoms with Gasteiger partial charge in [-0.15, -0.1) is 0 Å². The number of anilines is 1. The third-order valence-electron chi connectivity index (χ3n) is 5.04. The molecule has 1 aliphatic rings. The molecule has 0 unspecified atom stereocenters. The van der Waals surface area contributed by atoms with Crippen LogP contribution in [-0.2, 0) is 12.0 Å². The molecule has 0 bridgehead atoms. The van der Waals surface area contributed by atoms with Crippen LogP contribution in [0.3, 0.4) is 0 Å². The van der Waals surface area contributed by atoms with Crippen LogP contribution in [0.4, 0.5) is 5.82 Å². The fourth-order valence-electron chi connectivity index (χ4n) is 3.46. The van der Waals surface area contributed by atoms with Crippen LogP contribution in [0.15, 0.2) is 41.2 Å². The van der Waals surface area contributed by atoms with Crippen molar-refractivity contribution in [1.29, 1.82) is 0 Å². The fourth-order valence-corrected chi connectivity index (χ4v) is 3.46. The highest BCUT2D eigenvalue weighted by atomic mass is 16.1. The predicted octanol–water partition coefficient (Wildman–Crippen LogP) is 2.93. The number of aromatic nitrogens is 4. The lowest BCUT2D eigenvalue weighted by atomic mass is 9.92. The molecule has 3 aromatic rings. The van der Waals surface area contributed by atoms with Crippen LogP contribution in [-0.4, -0.2) is 32.8 Å². The van der Waals surface area contributed by atoms with Gasteiger partial charge in [-0.2, -0.15) is 5.10 Å². The molecule has 2 aromatic heterocycles. The summed E-state index contributed by atoms with van der Waals surface area (Å²) in [7, 11) is 0. The number of fused-ring (bicyclic) bond motifs is 1. The number of hydrogen-bond donors (Lipinski definition) is 0. The standard InChI is InChI=1S/C21H25N5O/c1-14-20(23-17-8-6-5-7-16(17)22-14)25-11-15(12-25)13-26-19(27)10-9-18(24-26)21(2,3)4/h5-10,15H,11-13H2,1-4H3. The van der Waals surface area contributed by atoms with Gasteiger partial charge in [0.25, 0.3) is 5.56 Å². The van der Waals surface area contributed by atoms with Gasteiger partial charge in [-0.25, -0.2) is 14.6 Å². The smallest absolute Gasteiger partial charge is 0.266 e. The molecule has 0 saturated carbocycles. The summed E-state index contributed by atoms with van der Waals surface area (Å²) in [5.41, 5.74) is 3.61. The van der Waals surface area contributed by atoms with E-state index in [4.69, 9.17) is 4.98 Å². The Kier molecular flexibility index (Phi) is 4.21. The zero-order valence-corrected chi connectivity index (χ0v) is 16.3. The van der Waals surface area contributed by atoms with Crippen LogP contribution in [0.2, 0.25) is 0 Å². The number of hydrogen-bond acceptors (Lipinski definition) is 5. The number of aryl methyl sites for hydroxylation is 1. The van der Waals surface area contributed by atoms with Gasteiger partial charge in [0.05, 0.1) is 29.0 Å². The molecule has 0 spiro atoms. The van der Waals surface area contributed by atoms with Crippen molar-refractivity contribution in [1.82, 2.24) is 19.7 Å². The summed E-state index contributed by atoms with van der Waals surface area (Å²) in [4.78, 5) is 23.9. The topological polar surface area (TPSA) is 63.9 Å². The summed E-state index contributed by atoms with van der Waals surface area (Å²) >= 11 is 0. The van der Waals surface area contributed by atoms with Gasteiger partial charge in [0.1, 0.15) is 0 Å². The molecular weight excluding hydrogens is 338 g/mol. The van der Waals surface area contributed by atoms with Crippen LogP contribution < -0.4 is 10.5 Å². The van der Waals surface area contributed by atoms with Crippen molar-refractivity contribution < 1.29 is 0 Å². The van der Waals surface area contributed by atoms with Gasteiger partial charge < -0.3 is 4.90 Å². The average molecular weight is 363 g/mol. The van der Waals surface area contributed by atoms with E-state index in [-0.39, 0.29) is 11.0 Å². The fraction of sp³-hybridized carbons (Fsp3) is 0.429. The third-order valence-corrected chi connectivity index (χ3v) is 5.04. The summed E-state index contributed by atoms with van der Waals surface area (Å²) in [6.07, 6.45) is 0. The van der Waals surface area contributed by atoms with E-state index in [1.54, 1.807) is 10.7 Å². The van der Waals surface area contributed by atoms with Crippen molar-refractivity contribution in [2.45, 2.75) is 39.7 Å². The molecular formula is C21H25N5O. The van der Waals surface area contributed by atoms with Crippen molar-refractivity contribution in [2.75, 3.05) is 18.0 Å². The van der Waals surface area contributed by atoms with E-state index in [2.05, 4.69) is 35.8 Å². The molecule has 1 saturated heterocycles. The van der Waals surface area contributed by atoms with E-state index >= 15 is 0 Å². The van der Waals surface area contributed by atoms with Gasteiger partial charge >= 0.3 is 0 Å². The molecule has 140 valence electrons. The molecule has 27 heavy (non-hydrogen) atoms. The second-order valence-electron chi connectivity index (χ2n) is 8.38. The highest BCUT2D eigenvalue weighted by molar-refractivity contribution is 5.76. The molecule has 0 radical (unpaired) electrons. The first-order valence-corrected chi connectivity index (χ1v) is 9.38. The number of rotatable bonds is 3. The number of nitrogens with zero attached hydrogens (tertiary/aromatic N) is 5. The minimum Gasteiger partial charge on any atom is -0.354 e. The Morgan fingerprint density at radius 2 is 1.70 bits per heavy atom. The largest absolute Gasteiger partial charge is 0.354 e. The Balaban J connectivity index is 1.49. The minimum absolute atomic E-state index is 0.0388. The van der Waals surface area contributed by atoms with Crippen LogP contribution in [0.25, 0.3) is 11.0 Å². The van der Waals surface area contributed by atoms with Crippen LogP contribution in [0.5, 0.6) is 0 Å². The van der Waals surface area contributed by atoms with Crippen molar-refractivity contribution in [3.05, 3.63) is 58.1 Å². The monoisotopic (exact) mass is 363 g/mol. The van der Waals surface area contributed by atoms with Crippen molar-refractivity contribution >= 4 is 16.9 Å². The Labute approximate surface area is 158 Å². The molecule has 1 fully saturated rings. The van der Waals surface area contributed by atoms with Gasteiger partial charge in [-0.3, -0.25) is 4.79 Å². The van der Waals surface area contributed by atoms with E-state index in [0.29, 0.717) is 12.5 Å². The molecule has 3 heterocycles. The van der Waals surface area contributed by atoms with Crippen LogP contribution >= 0.6 is 0 Å². The SMILES string of the molecule is Cc1nc2ccccc2nc1N1CC(Cn2nc(C(C)(C)C)ccc2=O)C1. The molecule has 0 amide bonds. The molecule has 0 N–H and O–H groups in total. The van der Waals surface area contributed by atoms with E-state index in [1.165, 1.54) is 0 Å². The summed E-state index contributed by atoms with van der Waals surface area (Å²) in [5, 5.41) is 4.58. The van der Waals surface area contributed by atoms with Crippen LogP contribution in [0.1, 0.15) is 32.2 Å². The number of para-hydroxylation sites is 2. The molecule has 6 heteroatoms. The van der Waals surface area contributed by atoms with Gasteiger partial charge in [-0.1, -0.05) is 32.9 Å². The summed E-state index contributed by atoms with van der Waals surface area (Å²) in [5.74, 6) is 1.33. The molecule has 0 aliphatic carbocycles. The first-order chi connectivity index (χ1) is 12.8. The first-order valence-electron chi connectivity index (χ1n) is 9.38. The van der Waals surface area contributed by atoms with Gasteiger partial charge in [0, 0.05) is 30.5 Å². The second-order valence-corrected chi connectivity index (χ2v) is 8.38. The first kappa shape index (κ1) is 17.6. The maximum absolute atomic E-state index is 12.2. The Morgan fingerprint density at radius 1 is 1.04 bits per heavy atom. The second kappa shape index (κ2) is 6.44. The molecule has 6 nitrogen and oxygen atoms in total. The maximum Gasteiger partial charge on any atom is 0.266 e. The third kappa shape index (κ3) is 3.44. The highest BCUT2D eigenvalue weighted by Gasteiger charge is 2.30. The molecule has 1 aromatic carbocycles. The predicted molar refractivity (Wildman–Crippen MR) is 107 cm³/mol. The van der Waals surface area contributed by atoms with Gasteiger partial charge in [-0.05, 0) is 25.1 Å². The average Bonchev–Trinajstić information content (AvgIpc) is 2.58. The zero-order valence-electron chi connectivity index (χ0n) is 16.3. The molecule has 0 atom stereocenters. The normalized spacial score (nSPS) is 15.2. The van der Waals surface area contributed by atoms with Crippen molar-refractivity contribution in [3.63, 3.8) is 0 Å². The van der Waals surface area contributed by atoms with Crippen molar-refractivity contribution in [3.8, 4) is 0 Å². The lowest BCUT2D eigenvalue weighted by Crippen LogP contribution is -2.50. The summed E-state index contributed by atoms with van der Waals surface area (Å²) < 4.78 is 1.61. The molecule has 1 aliphatic heterocycles. The Hall–Kier alpha value is -2.76. The Morgan fingerprint density at radius 3 is 2.37 bits per heavy atom. The van der Waals surface area contributed by atoms with Crippen LogP contribution in [0, 0.1) is 12.8 Å².